The molecule has 0 unspecified atom stereocenters. The Kier molecular flexibility index (Phi) is 6.89. The SMILES string of the molecule is CCNCc1nc(C)ccc1OCCC(=O)NCC. The van der Waals surface area contributed by atoms with Crippen molar-refractivity contribution in [3.63, 3.8) is 0 Å². The summed E-state index contributed by atoms with van der Waals surface area (Å²) in [7, 11) is 0. The normalized spacial score (nSPS) is 10.3. The van der Waals surface area contributed by atoms with Gasteiger partial charge in [-0.25, -0.2) is 0 Å². The zero-order valence-electron chi connectivity index (χ0n) is 12.0. The number of ether oxygens (including phenoxy) is 1. The van der Waals surface area contributed by atoms with Crippen molar-refractivity contribution in [2.45, 2.75) is 33.7 Å². The fourth-order valence-corrected chi connectivity index (χ4v) is 1.64. The second-order valence-corrected chi connectivity index (χ2v) is 4.23. The van der Waals surface area contributed by atoms with Crippen molar-refractivity contribution in [1.82, 2.24) is 15.6 Å². The number of amides is 1. The van der Waals surface area contributed by atoms with Crippen molar-refractivity contribution in [3.05, 3.63) is 23.5 Å². The number of carbonyl (C=O) groups excluding carboxylic acids is 1. The lowest BCUT2D eigenvalue weighted by atomic mass is 10.2. The number of hydrogen-bond donors (Lipinski definition) is 2. The van der Waals surface area contributed by atoms with Gasteiger partial charge >= 0.3 is 0 Å². The van der Waals surface area contributed by atoms with E-state index in [9.17, 15) is 4.79 Å². The maximum absolute atomic E-state index is 11.3. The molecule has 1 heterocycles. The van der Waals surface area contributed by atoms with E-state index in [-0.39, 0.29) is 5.91 Å². The van der Waals surface area contributed by atoms with Gasteiger partial charge in [0.2, 0.25) is 5.91 Å². The van der Waals surface area contributed by atoms with E-state index < -0.39 is 0 Å². The second kappa shape index (κ2) is 8.48. The molecule has 0 fully saturated rings. The van der Waals surface area contributed by atoms with Crippen LogP contribution in [0.4, 0.5) is 0 Å². The smallest absolute Gasteiger partial charge is 0.223 e. The van der Waals surface area contributed by atoms with Crippen LogP contribution >= 0.6 is 0 Å². The highest BCUT2D eigenvalue weighted by atomic mass is 16.5. The number of nitrogens with zero attached hydrogens (tertiary/aromatic N) is 1. The molecule has 0 aromatic carbocycles. The summed E-state index contributed by atoms with van der Waals surface area (Å²) in [5, 5.41) is 5.97. The van der Waals surface area contributed by atoms with E-state index >= 15 is 0 Å². The van der Waals surface area contributed by atoms with Gasteiger partial charge in [-0.1, -0.05) is 6.92 Å². The maximum Gasteiger partial charge on any atom is 0.223 e. The molecule has 0 bridgehead atoms. The average Bonchev–Trinajstić information content (AvgIpc) is 2.39. The van der Waals surface area contributed by atoms with E-state index in [0.29, 0.717) is 26.1 Å². The molecule has 1 aromatic rings. The molecule has 5 nitrogen and oxygen atoms in total. The van der Waals surface area contributed by atoms with Crippen molar-refractivity contribution in [1.29, 1.82) is 0 Å². The Morgan fingerprint density at radius 3 is 2.79 bits per heavy atom. The Hall–Kier alpha value is -1.62. The number of pyridine rings is 1. The van der Waals surface area contributed by atoms with E-state index in [0.717, 1.165) is 23.7 Å². The summed E-state index contributed by atoms with van der Waals surface area (Å²) in [5.74, 6) is 0.756. The fourth-order valence-electron chi connectivity index (χ4n) is 1.64. The van der Waals surface area contributed by atoms with Crippen LogP contribution in [0, 0.1) is 6.92 Å². The minimum atomic E-state index is 0.0100. The topological polar surface area (TPSA) is 63.3 Å². The third-order valence-electron chi connectivity index (χ3n) is 2.57. The van der Waals surface area contributed by atoms with Gasteiger partial charge in [-0.2, -0.15) is 0 Å². The molecule has 106 valence electrons. The first-order valence-corrected chi connectivity index (χ1v) is 6.74. The highest BCUT2D eigenvalue weighted by molar-refractivity contribution is 5.75. The van der Waals surface area contributed by atoms with Crippen molar-refractivity contribution in [2.75, 3.05) is 19.7 Å². The summed E-state index contributed by atoms with van der Waals surface area (Å²) in [4.78, 5) is 15.8. The first kappa shape index (κ1) is 15.4. The number of nitrogens with one attached hydrogen (secondary N) is 2. The minimum absolute atomic E-state index is 0.0100. The zero-order valence-corrected chi connectivity index (χ0v) is 12.0. The summed E-state index contributed by atoms with van der Waals surface area (Å²) in [6.45, 7) is 8.48. The van der Waals surface area contributed by atoms with Crippen LogP contribution in [0.1, 0.15) is 31.7 Å². The molecular formula is C14H23N3O2. The Labute approximate surface area is 114 Å². The van der Waals surface area contributed by atoms with E-state index in [1.807, 2.05) is 32.9 Å². The lowest BCUT2D eigenvalue weighted by Gasteiger charge is -2.11. The van der Waals surface area contributed by atoms with Gasteiger partial charge in [0, 0.05) is 18.8 Å². The predicted molar refractivity (Wildman–Crippen MR) is 75.2 cm³/mol. The predicted octanol–water partition coefficient (Wildman–Crippen LogP) is 1.40. The first-order valence-electron chi connectivity index (χ1n) is 6.74. The minimum Gasteiger partial charge on any atom is -0.491 e. The first-order chi connectivity index (χ1) is 9.17. The van der Waals surface area contributed by atoms with Gasteiger partial charge in [-0.15, -0.1) is 0 Å². The van der Waals surface area contributed by atoms with E-state index in [4.69, 9.17) is 4.74 Å². The molecule has 1 aromatic heterocycles. The number of aryl methyl sites for hydroxylation is 1. The lowest BCUT2D eigenvalue weighted by Crippen LogP contribution is -2.24. The van der Waals surface area contributed by atoms with Gasteiger partial charge in [-0.3, -0.25) is 9.78 Å². The molecule has 0 aliphatic carbocycles. The molecule has 0 atom stereocenters. The van der Waals surface area contributed by atoms with Crippen LogP contribution in [0.2, 0.25) is 0 Å². The third kappa shape index (κ3) is 5.70. The molecule has 0 saturated heterocycles. The van der Waals surface area contributed by atoms with Crippen LogP contribution < -0.4 is 15.4 Å². The van der Waals surface area contributed by atoms with Crippen LogP contribution in [0.25, 0.3) is 0 Å². The van der Waals surface area contributed by atoms with Crippen LogP contribution in [0.15, 0.2) is 12.1 Å². The molecule has 0 spiro atoms. The Morgan fingerprint density at radius 1 is 1.32 bits per heavy atom. The highest BCUT2D eigenvalue weighted by Gasteiger charge is 2.07. The fraction of sp³-hybridized carbons (Fsp3) is 0.571. The molecule has 19 heavy (non-hydrogen) atoms. The third-order valence-corrected chi connectivity index (χ3v) is 2.57. The average molecular weight is 265 g/mol. The molecule has 5 heteroatoms. The summed E-state index contributed by atoms with van der Waals surface area (Å²) >= 11 is 0. The zero-order chi connectivity index (χ0) is 14.1. The van der Waals surface area contributed by atoms with Crippen molar-refractivity contribution in [2.24, 2.45) is 0 Å². The molecule has 1 rings (SSSR count). The summed E-state index contributed by atoms with van der Waals surface area (Å²) < 4.78 is 5.64. The maximum atomic E-state index is 11.3. The number of aromatic nitrogens is 1. The number of carbonyl (C=O) groups is 1. The van der Waals surface area contributed by atoms with Gasteiger partial charge in [0.05, 0.1) is 18.7 Å². The van der Waals surface area contributed by atoms with E-state index in [1.54, 1.807) is 0 Å². The largest absolute Gasteiger partial charge is 0.491 e. The standard InChI is InChI=1S/C14H23N3O2/c1-4-15-10-12-13(7-6-11(3)17-12)19-9-8-14(18)16-5-2/h6-7,15H,4-5,8-10H2,1-3H3,(H,16,18). The summed E-state index contributed by atoms with van der Waals surface area (Å²) in [5.41, 5.74) is 1.85. The number of hydrogen-bond acceptors (Lipinski definition) is 4. The van der Waals surface area contributed by atoms with Gasteiger partial charge in [-0.05, 0) is 32.5 Å². The molecule has 0 aliphatic rings. The van der Waals surface area contributed by atoms with Crippen LogP contribution in [-0.2, 0) is 11.3 Å². The molecular weight excluding hydrogens is 242 g/mol. The summed E-state index contributed by atoms with van der Waals surface area (Å²) in [6.07, 6.45) is 0.363. The number of rotatable bonds is 8. The Morgan fingerprint density at radius 2 is 2.11 bits per heavy atom. The van der Waals surface area contributed by atoms with Gasteiger partial charge in [0.15, 0.2) is 0 Å². The van der Waals surface area contributed by atoms with Crippen LogP contribution in [0.5, 0.6) is 5.75 Å². The van der Waals surface area contributed by atoms with Crippen molar-refractivity contribution in [3.8, 4) is 5.75 Å². The van der Waals surface area contributed by atoms with Crippen molar-refractivity contribution >= 4 is 5.91 Å². The lowest BCUT2D eigenvalue weighted by molar-refractivity contribution is -0.121. The van der Waals surface area contributed by atoms with Gasteiger partial charge in [0.25, 0.3) is 0 Å². The van der Waals surface area contributed by atoms with Crippen LogP contribution in [0.3, 0.4) is 0 Å². The second-order valence-electron chi connectivity index (χ2n) is 4.23. The Balaban J connectivity index is 2.54. The highest BCUT2D eigenvalue weighted by Crippen LogP contribution is 2.17. The Bertz CT molecular complexity index is 408. The quantitative estimate of drug-likeness (QED) is 0.746. The van der Waals surface area contributed by atoms with Gasteiger partial charge < -0.3 is 15.4 Å². The molecule has 2 N–H and O–H groups in total. The monoisotopic (exact) mass is 265 g/mol. The molecule has 1 amide bonds. The molecule has 0 aliphatic heterocycles. The van der Waals surface area contributed by atoms with E-state index in [2.05, 4.69) is 15.6 Å². The van der Waals surface area contributed by atoms with E-state index in [1.165, 1.54) is 0 Å². The summed E-state index contributed by atoms with van der Waals surface area (Å²) in [6, 6.07) is 3.82. The van der Waals surface area contributed by atoms with Crippen molar-refractivity contribution < 1.29 is 9.53 Å². The molecule has 0 saturated carbocycles. The molecule has 0 radical (unpaired) electrons. The van der Waals surface area contributed by atoms with Gasteiger partial charge in [0.1, 0.15) is 5.75 Å². The van der Waals surface area contributed by atoms with Crippen LogP contribution in [-0.4, -0.2) is 30.6 Å².